The lowest BCUT2D eigenvalue weighted by Gasteiger charge is -2.04. The summed E-state index contributed by atoms with van der Waals surface area (Å²) in [6.45, 7) is 2.10. The number of hydrogen-bond donors (Lipinski definition) is 0. The highest BCUT2D eigenvalue weighted by Crippen LogP contribution is 2.27. The highest BCUT2D eigenvalue weighted by atomic mass is 35.5. The normalized spacial score (nSPS) is 10.7. The van der Waals surface area contributed by atoms with E-state index in [-0.39, 0.29) is 0 Å². The van der Waals surface area contributed by atoms with E-state index in [2.05, 4.69) is 17.3 Å². The Bertz CT molecular complexity index is 473. The molecule has 1 aromatic heterocycles. The molecule has 84 valence electrons. The van der Waals surface area contributed by atoms with Gasteiger partial charge in [-0.15, -0.1) is 11.3 Å². The number of rotatable bonds is 3. The molecule has 0 aliphatic heterocycles. The second kappa shape index (κ2) is 5.17. The zero-order chi connectivity index (χ0) is 11.5. The zero-order valence-corrected chi connectivity index (χ0v) is 11.2. The van der Waals surface area contributed by atoms with Gasteiger partial charge in [-0.25, -0.2) is 4.98 Å². The Morgan fingerprint density at radius 3 is 2.50 bits per heavy atom. The fourth-order valence-electron chi connectivity index (χ4n) is 1.44. The highest BCUT2D eigenvalue weighted by Gasteiger charge is 2.08. The van der Waals surface area contributed by atoms with Gasteiger partial charge in [0.1, 0.15) is 0 Å². The van der Waals surface area contributed by atoms with Crippen LogP contribution in [0.5, 0.6) is 0 Å². The van der Waals surface area contributed by atoms with Gasteiger partial charge < -0.3 is 0 Å². The molecular formula is C12H11Cl2NS. The van der Waals surface area contributed by atoms with Crippen molar-refractivity contribution in [1.82, 2.24) is 4.98 Å². The summed E-state index contributed by atoms with van der Waals surface area (Å²) < 4.78 is 0. The summed E-state index contributed by atoms with van der Waals surface area (Å²) in [6, 6.07) is 5.57. The Hall–Kier alpha value is -0.570. The van der Waals surface area contributed by atoms with E-state index in [1.54, 1.807) is 11.3 Å². The molecule has 0 aliphatic rings. The molecule has 0 unspecified atom stereocenters. The molecule has 0 radical (unpaired) electrons. The average Bonchev–Trinajstić information content (AvgIpc) is 2.71. The molecular weight excluding hydrogens is 261 g/mol. The Balaban J connectivity index is 2.26. The van der Waals surface area contributed by atoms with Crippen LogP contribution >= 0.6 is 34.5 Å². The van der Waals surface area contributed by atoms with Crippen molar-refractivity contribution in [2.45, 2.75) is 19.8 Å². The molecule has 1 nitrogen and oxygen atoms in total. The first-order valence-corrected chi connectivity index (χ1v) is 6.70. The van der Waals surface area contributed by atoms with Crippen LogP contribution in [0.3, 0.4) is 0 Å². The molecule has 0 fully saturated rings. The van der Waals surface area contributed by atoms with Crippen molar-refractivity contribution in [3.05, 3.63) is 49.9 Å². The van der Waals surface area contributed by atoms with Crippen LogP contribution in [0.4, 0.5) is 0 Å². The fraction of sp³-hybridized carbons (Fsp3) is 0.250. The van der Waals surface area contributed by atoms with Crippen LogP contribution in [0, 0.1) is 0 Å². The van der Waals surface area contributed by atoms with Gasteiger partial charge in [0, 0.05) is 21.8 Å². The van der Waals surface area contributed by atoms with Crippen LogP contribution in [-0.4, -0.2) is 4.98 Å². The SMILES string of the molecule is CCc1csc(Cc2c(Cl)cccc2Cl)n1. The van der Waals surface area contributed by atoms with Gasteiger partial charge in [-0.05, 0) is 24.1 Å². The van der Waals surface area contributed by atoms with Gasteiger partial charge in [-0.3, -0.25) is 0 Å². The van der Waals surface area contributed by atoms with E-state index in [4.69, 9.17) is 23.2 Å². The third kappa shape index (κ3) is 2.57. The van der Waals surface area contributed by atoms with Crippen LogP contribution in [-0.2, 0) is 12.8 Å². The number of aromatic nitrogens is 1. The summed E-state index contributed by atoms with van der Waals surface area (Å²) in [5.41, 5.74) is 2.09. The first kappa shape index (κ1) is 11.9. The number of thiazole rings is 1. The molecule has 2 aromatic rings. The van der Waals surface area contributed by atoms with Gasteiger partial charge in [0.05, 0.1) is 10.7 Å². The Kier molecular flexibility index (Phi) is 3.85. The minimum Gasteiger partial charge on any atom is -0.246 e. The standard InChI is InChI=1S/C12H11Cl2NS/c1-2-8-7-16-12(15-8)6-9-10(13)4-3-5-11(9)14/h3-5,7H,2,6H2,1H3. The zero-order valence-electron chi connectivity index (χ0n) is 8.84. The quantitative estimate of drug-likeness (QED) is 0.795. The first-order valence-electron chi connectivity index (χ1n) is 5.07. The molecule has 0 saturated carbocycles. The number of benzene rings is 1. The molecule has 0 saturated heterocycles. The van der Waals surface area contributed by atoms with Crippen LogP contribution in [0.15, 0.2) is 23.6 Å². The van der Waals surface area contributed by atoms with Crippen molar-refractivity contribution in [3.63, 3.8) is 0 Å². The van der Waals surface area contributed by atoms with E-state index in [0.717, 1.165) is 22.7 Å². The molecule has 1 heterocycles. The maximum Gasteiger partial charge on any atom is 0.0973 e. The third-order valence-corrected chi connectivity index (χ3v) is 3.96. The van der Waals surface area contributed by atoms with Crippen molar-refractivity contribution < 1.29 is 0 Å². The molecule has 0 amide bonds. The lowest BCUT2D eigenvalue weighted by atomic mass is 10.1. The molecule has 16 heavy (non-hydrogen) atoms. The maximum absolute atomic E-state index is 6.11. The van der Waals surface area contributed by atoms with E-state index < -0.39 is 0 Å². The molecule has 0 atom stereocenters. The van der Waals surface area contributed by atoms with Crippen LogP contribution in [0.2, 0.25) is 10.0 Å². The predicted octanol–water partition coefficient (Wildman–Crippen LogP) is 4.60. The lowest BCUT2D eigenvalue weighted by Crippen LogP contribution is -1.91. The summed E-state index contributed by atoms with van der Waals surface area (Å²) in [5.74, 6) is 0. The van der Waals surface area contributed by atoms with Crippen molar-refractivity contribution >= 4 is 34.5 Å². The van der Waals surface area contributed by atoms with Gasteiger partial charge >= 0.3 is 0 Å². The number of hydrogen-bond acceptors (Lipinski definition) is 2. The van der Waals surface area contributed by atoms with E-state index in [0.29, 0.717) is 16.5 Å². The molecule has 4 heteroatoms. The minimum atomic E-state index is 0.709. The van der Waals surface area contributed by atoms with Crippen molar-refractivity contribution in [1.29, 1.82) is 0 Å². The third-order valence-electron chi connectivity index (χ3n) is 2.35. The highest BCUT2D eigenvalue weighted by molar-refractivity contribution is 7.09. The monoisotopic (exact) mass is 271 g/mol. The molecule has 2 rings (SSSR count). The number of halogens is 2. The number of nitrogens with zero attached hydrogens (tertiary/aromatic N) is 1. The van der Waals surface area contributed by atoms with Gasteiger partial charge in [-0.2, -0.15) is 0 Å². The molecule has 0 spiro atoms. The van der Waals surface area contributed by atoms with E-state index in [1.807, 2.05) is 18.2 Å². The second-order valence-corrected chi connectivity index (χ2v) is 5.22. The topological polar surface area (TPSA) is 12.9 Å². The lowest BCUT2D eigenvalue weighted by molar-refractivity contribution is 1.02. The first-order chi connectivity index (χ1) is 7.70. The average molecular weight is 272 g/mol. The van der Waals surface area contributed by atoms with Gasteiger partial charge in [-0.1, -0.05) is 36.2 Å². The van der Waals surface area contributed by atoms with E-state index >= 15 is 0 Å². The minimum absolute atomic E-state index is 0.709. The fourth-order valence-corrected chi connectivity index (χ4v) is 2.87. The van der Waals surface area contributed by atoms with Crippen molar-refractivity contribution in [3.8, 4) is 0 Å². The van der Waals surface area contributed by atoms with Crippen molar-refractivity contribution in [2.24, 2.45) is 0 Å². The Morgan fingerprint density at radius 1 is 1.25 bits per heavy atom. The summed E-state index contributed by atoms with van der Waals surface area (Å²) in [7, 11) is 0. The molecule has 1 aromatic carbocycles. The molecule has 0 N–H and O–H groups in total. The van der Waals surface area contributed by atoms with Gasteiger partial charge in [0.15, 0.2) is 0 Å². The Labute approximate surface area is 109 Å². The van der Waals surface area contributed by atoms with E-state index in [9.17, 15) is 0 Å². The van der Waals surface area contributed by atoms with E-state index in [1.165, 1.54) is 0 Å². The van der Waals surface area contributed by atoms with Crippen LogP contribution < -0.4 is 0 Å². The summed E-state index contributed by atoms with van der Waals surface area (Å²) in [5, 5.41) is 4.56. The van der Waals surface area contributed by atoms with Gasteiger partial charge in [0.25, 0.3) is 0 Å². The predicted molar refractivity (Wildman–Crippen MR) is 70.8 cm³/mol. The van der Waals surface area contributed by atoms with Crippen LogP contribution in [0.25, 0.3) is 0 Å². The second-order valence-electron chi connectivity index (χ2n) is 3.46. The summed E-state index contributed by atoms with van der Waals surface area (Å²) in [6.07, 6.45) is 1.68. The smallest absolute Gasteiger partial charge is 0.0973 e. The van der Waals surface area contributed by atoms with Crippen molar-refractivity contribution in [2.75, 3.05) is 0 Å². The number of aryl methyl sites for hydroxylation is 1. The summed E-state index contributed by atoms with van der Waals surface area (Å²) in [4.78, 5) is 4.51. The Morgan fingerprint density at radius 2 is 1.94 bits per heavy atom. The largest absolute Gasteiger partial charge is 0.246 e. The molecule has 0 bridgehead atoms. The summed E-state index contributed by atoms with van der Waals surface area (Å²) >= 11 is 13.9. The maximum atomic E-state index is 6.11. The van der Waals surface area contributed by atoms with Crippen LogP contribution in [0.1, 0.15) is 23.2 Å². The van der Waals surface area contributed by atoms with Gasteiger partial charge in [0.2, 0.25) is 0 Å². The molecule has 0 aliphatic carbocycles.